The minimum atomic E-state index is -0.936. The highest BCUT2D eigenvalue weighted by Crippen LogP contribution is 2.29. The van der Waals surface area contributed by atoms with Gasteiger partial charge in [-0.25, -0.2) is 9.97 Å². The molecule has 1 atom stereocenters. The third-order valence-electron chi connectivity index (χ3n) is 6.37. The molecule has 0 spiro atoms. The number of nitrogens with one attached hydrogen (secondary N) is 1. The molecule has 1 heterocycles. The number of fused-ring (bicyclic) bond motifs is 2. The van der Waals surface area contributed by atoms with Crippen LogP contribution in [0.1, 0.15) is 17.5 Å². The second-order valence-electron chi connectivity index (χ2n) is 8.86. The van der Waals surface area contributed by atoms with Crippen LogP contribution in [-0.2, 0) is 4.74 Å². The van der Waals surface area contributed by atoms with Gasteiger partial charge in [-0.1, -0.05) is 91.0 Å². The van der Waals surface area contributed by atoms with Crippen molar-refractivity contribution in [1.82, 2.24) is 9.97 Å². The fourth-order valence-corrected chi connectivity index (χ4v) is 4.41. The Labute approximate surface area is 214 Å². The summed E-state index contributed by atoms with van der Waals surface area (Å²) in [6.45, 7) is 0. The van der Waals surface area contributed by atoms with E-state index in [2.05, 4.69) is 54.6 Å². The Morgan fingerprint density at radius 2 is 1.19 bits per heavy atom. The molecule has 5 heteroatoms. The predicted octanol–water partition coefficient (Wildman–Crippen LogP) is 7.12. The summed E-state index contributed by atoms with van der Waals surface area (Å²) in [5, 5.41) is 12.9. The van der Waals surface area contributed by atoms with Crippen molar-refractivity contribution in [3.63, 3.8) is 0 Å². The van der Waals surface area contributed by atoms with E-state index in [4.69, 9.17) is 25.8 Å². The molecule has 37 heavy (non-hydrogen) atoms. The van der Waals surface area contributed by atoms with Gasteiger partial charge >= 0.3 is 0 Å². The molecule has 0 amide bonds. The summed E-state index contributed by atoms with van der Waals surface area (Å²) in [4.78, 5) is 9.72. The fourth-order valence-electron chi connectivity index (χ4n) is 4.41. The van der Waals surface area contributed by atoms with Crippen molar-refractivity contribution in [3.05, 3.63) is 133 Å². The summed E-state index contributed by atoms with van der Waals surface area (Å²) in [7, 11) is 0. The van der Waals surface area contributed by atoms with Crippen LogP contribution < -0.4 is 5.73 Å². The molecular weight excluding hydrogens is 456 g/mol. The van der Waals surface area contributed by atoms with Crippen molar-refractivity contribution in [1.29, 1.82) is 5.41 Å². The van der Waals surface area contributed by atoms with Gasteiger partial charge in [0.2, 0.25) is 5.90 Å². The zero-order valence-electron chi connectivity index (χ0n) is 20.0. The van der Waals surface area contributed by atoms with Crippen molar-refractivity contribution in [2.24, 2.45) is 5.73 Å². The Morgan fingerprint density at radius 1 is 0.622 bits per heavy atom. The molecular formula is C32H24N4O. The molecule has 0 saturated heterocycles. The maximum absolute atomic E-state index is 8.38. The van der Waals surface area contributed by atoms with Crippen LogP contribution in [0, 0.1) is 5.41 Å². The number of benzene rings is 5. The summed E-state index contributed by atoms with van der Waals surface area (Å²) in [5.74, 6) is 0.544. The van der Waals surface area contributed by atoms with Gasteiger partial charge in [-0.05, 0) is 51.9 Å². The van der Waals surface area contributed by atoms with Gasteiger partial charge in [-0.3, -0.25) is 11.1 Å². The molecule has 5 nitrogen and oxygen atoms in total. The minimum absolute atomic E-state index is 0.00813. The third kappa shape index (κ3) is 4.68. The molecule has 3 N–H and O–H groups in total. The monoisotopic (exact) mass is 480 g/mol. The lowest BCUT2D eigenvalue weighted by Crippen LogP contribution is -2.21. The zero-order chi connectivity index (χ0) is 25.2. The standard InChI is InChI=1S/C32H24N4O/c33-30(23-10-2-1-3-11-23)37-31(34)29-20-28(26-16-14-21-8-4-6-12-24(21)18-26)35-32(36-29)27-17-15-22-9-5-7-13-25(22)19-27/h1-20,31,33H,34H2. The molecule has 5 aromatic carbocycles. The van der Waals surface area contributed by atoms with Crippen LogP contribution in [-0.4, -0.2) is 15.9 Å². The Morgan fingerprint density at radius 3 is 1.86 bits per heavy atom. The summed E-state index contributed by atoms with van der Waals surface area (Å²) < 4.78 is 5.82. The summed E-state index contributed by atoms with van der Waals surface area (Å²) in [5.41, 5.74) is 10.2. The molecule has 178 valence electrons. The van der Waals surface area contributed by atoms with E-state index in [1.807, 2.05) is 66.7 Å². The quantitative estimate of drug-likeness (QED) is 0.156. The molecule has 6 rings (SSSR count). The average molecular weight is 481 g/mol. The fraction of sp³-hybridized carbons (Fsp3) is 0.0312. The van der Waals surface area contributed by atoms with Gasteiger partial charge in [-0.15, -0.1) is 0 Å². The first kappa shape index (κ1) is 22.6. The Hall–Kier alpha value is -4.87. The number of ether oxygens (including phenoxy) is 1. The lowest BCUT2D eigenvalue weighted by atomic mass is 10.0. The number of rotatable bonds is 5. The number of nitrogens with two attached hydrogens (primary N) is 1. The minimum Gasteiger partial charge on any atom is -0.453 e. The summed E-state index contributed by atoms with van der Waals surface area (Å²) >= 11 is 0. The second-order valence-corrected chi connectivity index (χ2v) is 8.86. The SMILES string of the molecule is N=C(OC(N)c1cc(-c2ccc3ccccc3c2)nc(-c2ccc3ccccc3c2)n1)c1ccccc1. The van der Waals surface area contributed by atoms with Crippen molar-refractivity contribution in [2.45, 2.75) is 6.23 Å². The van der Waals surface area contributed by atoms with E-state index in [0.29, 0.717) is 17.1 Å². The van der Waals surface area contributed by atoms with E-state index in [1.54, 1.807) is 0 Å². The Bertz CT molecular complexity index is 1650. The maximum atomic E-state index is 8.38. The molecule has 0 radical (unpaired) electrons. The van der Waals surface area contributed by atoms with E-state index in [9.17, 15) is 0 Å². The van der Waals surface area contributed by atoms with Gasteiger partial charge in [-0.2, -0.15) is 0 Å². The van der Waals surface area contributed by atoms with Crippen LogP contribution >= 0.6 is 0 Å². The largest absolute Gasteiger partial charge is 0.453 e. The lowest BCUT2D eigenvalue weighted by molar-refractivity contribution is 0.194. The molecule has 0 saturated carbocycles. The smallest absolute Gasteiger partial charge is 0.215 e. The highest BCUT2D eigenvalue weighted by Gasteiger charge is 2.17. The van der Waals surface area contributed by atoms with Crippen LogP contribution in [0.15, 0.2) is 121 Å². The number of nitrogens with zero attached hydrogens (tertiary/aromatic N) is 2. The van der Waals surface area contributed by atoms with E-state index in [1.165, 1.54) is 0 Å². The van der Waals surface area contributed by atoms with Crippen LogP contribution in [0.25, 0.3) is 44.2 Å². The van der Waals surface area contributed by atoms with Crippen LogP contribution in [0.3, 0.4) is 0 Å². The van der Waals surface area contributed by atoms with Gasteiger partial charge in [0.1, 0.15) is 5.69 Å². The van der Waals surface area contributed by atoms with E-state index in [-0.39, 0.29) is 5.90 Å². The normalized spacial score (nSPS) is 11.9. The first-order chi connectivity index (χ1) is 18.1. The first-order valence-electron chi connectivity index (χ1n) is 12.1. The van der Waals surface area contributed by atoms with Crippen molar-refractivity contribution >= 4 is 27.4 Å². The predicted molar refractivity (Wildman–Crippen MR) is 149 cm³/mol. The lowest BCUT2D eigenvalue weighted by Gasteiger charge is -2.17. The number of aromatic nitrogens is 2. The molecule has 1 unspecified atom stereocenters. The topological polar surface area (TPSA) is 84.9 Å². The molecule has 0 aliphatic rings. The molecule has 0 bridgehead atoms. The average Bonchev–Trinajstić information content (AvgIpc) is 2.96. The van der Waals surface area contributed by atoms with Crippen LogP contribution in [0.2, 0.25) is 0 Å². The molecule has 0 aliphatic carbocycles. The first-order valence-corrected chi connectivity index (χ1v) is 12.1. The Balaban J connectivity index is 1.44. The van der Waals surface area contributed by atoms with Crippen molar-refractivity contribution in [2.75, 3.05) is 0 Å². The van der Waals surface area contributed by atoms with Gasteiger partial charge < -0.3 is 4.74 Å². The third-order valence-corrected chi connectivity index (χ3v) is 6.37. The highest BCUT2D eigenvalue weighted by molar-refractivity contribution is 5.92. The summed E-state index contributed by atoms with van der Waals surface area (Å²) in [6, 6.07) is 39.9. The highest BCUT2D eigenvalue weighted by atomic mass is 16.5. The molecule has 0 aliphatic heterocycles. The molecule has 0 fully saturated rings. The maximum Gasteiger partial charge on any atom is 0.215 e. The van der Waals surface area contributed by atoms with E-state index >= 15 is 0 Å². The Kier molecular flexibility index (Phi) is 5.89. The number of hydrogen-bond acceptors (Lipinski definition) is 5. The van der Waals surface area contributed by atoms with Gasteiger partial charge in [0.15, 0.2) is 12.1 Å². The van der Waals surface area contributed by atoms with Crippen molar-refractivity contribution in [3.8, 4) is 22.6 Å². The second kappa shape index (κ2) is 9.64. The summed E-state index contributed by atoms with van der Waals surface area (Å²) in [6.07, 6.45) is -0.936. The number of hydrogen-bond donors (Lipinski definition) is 2. The van der Waals surface area contributed by atoms with E-state index < -0.39 is 6.23 Å². The molecule has 6 aromatic rings. The molecule has 1 aromatic heterocycles. The zero-order valence-corrected chi connectivity index (χ0v) is 20.0. The van der Waals surface area contributed by atoms with Gasteiger partial charge in [0.25, 0.3) is 0 Å². The van der Waals surface area contributed by atoms with E-state index in [0.717, 1.165) is 38.4 Å². The van der Waals surface area contributed by atoms with Gasteiger partial charge in [0, 0.05) is 16.7 Å². The van der Waals surface area contributed by atoms with Gasteiger partial charge in [0.05, 0.1) is 5.69 Å². The van der Waals surface area contributed by atoms with Crippen LogP contribution in [0.5, 0.6) is 0 Å². The van der Waals surface area contributed by atoms with Crippen molar-refractivity contribution < 1.29 is 4.74 Å². The van der Waals surface area contributed by atoms with Crippen LogP contribution in [0.4, 0.5) is 0 Å².